The largest absolute Gasteiger partial charge is 0.352 e. The van der Waals surface area contributed by atoms with Crippen LogP contribution in [0.15, 0.2) is 48.5 Å². The van der Waals surface area contributed by atoms with E-state index in [2.05, 4.69) is 52.7 Å². The highest BCUT2D eigenvalue weighted by Gasteiger charge is 2.12. The second kappa shape index (κ2) is 8.11. The molecule has 0 bridgehead atoms. The van der Waals surface area contributed by atoms with Crippen LogP contribution >= 0.6 is 0 Å². The first-order valence-corrected chi connectivity index (χ1v) is 8.92. The lowest BCUT2D eigenvalue weighted by atomic mass is 9.98. The van der Waals surface area contributed by atoms with Gasteiger partial charge in [-0.15, -0.1) is 0 Å². The van der Waals surface area contributed by atoms with Crippen LogP contribution in [-0.4, -0.2) is 23.9 Å². The van der Waals surface area contributed by atoms with E-state index in [-0.39, 0.29) is 5.91 Å². The molecule has 3 nitrogen and oxygen atoms in total. The van der Waals surface area contributed by atoms with Crippen molar-refractivity contribution in [3.63, 3.8) is 0 Å². The monoisotopic (exact) mass is 322 g/mol. The normalized spacial score (nSPS) is 14.7. The maximum Gasteiger partial charge on any atom is 0.219 e. The molecule has 3 heteroatoms. The Morgan fingerprint density at radius 2 is 1.75 bits per heavy atom. The Balaban J connectivity index is 1.72. The van der Waals surface area contributed by atoms with Crippen LogP contribution in [0.3, 0.4) is 0 Å². The van der Waals surface area contributed by atoms with Crippen molar-refractivity contribution in [1.82, 2.24) is 10.2 Å². The molecule has 1 heterocycles. The number of amides is 1. The Bertz CT molecular complexity index is 672. The maximum atomic E-state index is 11.5. The quantitative estimate of drug-likeness (QED) is 0.872. The number of nitrogens with one attached hydrogen (secondary N) is 1. The lowest BCUT2D eigenvalue weighted by Gasteiger charge is -2.15. The van der Waals surface area contributed by atoms with Crippen LogP contribution in [0.2, 0.25) is 0 Å². The Morgan fingerprint density at radius 1 is 1.04 bits per heavy atom. The molecule has 2 aromatic carbocycles. The van der Waals surface area contributed by atoms with E-state index in [0.29, 0.717) is 13.0 Å². The molecule has 1 N–H and O–H groups in total. The summed E-state index contributed by atoms with van der Waals surface area (Å²) in [6.07, 6.45) is 3.18. The summed E-state index contributed by atoms with van der Waals surface area (Å²) < 4.78 is 0. The van der Waals surface area contributed by atoms with Crippen LogP contribution in [0.5, 0.6) is 0 Å². The van der Waals surface area contributed by atoms with Crippen molar-refractivity contribution < 1.29 is 4.79 Å². The molecule has 24 heavy (non-hydrogen) atoms. The van der Waals surface area contributed by atoms with Gasteiger partial charge in [-0.05, 0) is 48.2 Å². The first kappa shape index (κ1) is 16.7. The zero-order chi connectivity index (χ0) is 16.8. The van der Waals surface area contributed by atoms with Gasteiger partial charge in [0.2, 0.25) is 5.91 Å². The summed E-state index contributed by atoms with van der Waals surface area (Å²) in [5.74, 6) is 0.0887. The van der Waals surface area contributed by atoms with E-state index in [4.69, 9.17) is 0 Å². The predicted octanol–water partition coefficient (Wildman–Crippen LogP) is 3.98. The van der Waals surface area contributed by atoms with Crippen molar-refractivity contribution in [3.8, 4) is 11.1 Å². The molecule has 0 aliphatic carbocycles. The van der Waals surface area contributed by atoms with Crippen LogP contribution in [0, 0.1) is 0 Å². The van der Waals surface area contributed by atoms with Gasteiger partial charge >= 0.3 is 0 Å². The number of likely N-dealkylation sites (tertiary alicyclic amines) is 1. The summed E-state index contributed by atoms with van der Waals surface area (Å²) in [4.78, 5) is 14.0. The molecule has 1 aliphatic heterocycles. The molecule has 0 atom stereocenters. The highest BCUT2D eigenvalue weighted by molar-refractivity contribution is 5.76. The van der Waals surface area contributed by atoms with Gasteiger partial charge in [-0.2, -0.15) is 0 Å². The van der Waals surface area contributed by atoms with E-state index < -0.39 is 0 Å². The molecule has 1 amide bonds. The molecule has 0 unspecified atom stereocenters. The maximum absolute atomic E-state index is 11.5. The van der Waals surface area contributed by atoms with Crippen molar-refractivity contribution in [2.24, 2.45) is 0 Å². The van der Waals surface area contributed by atoms with E-state index >= 15 is 0 Å². The van der Waals surface area contributed by atoms with E-state index in [1.54, 1.807) is 0 Å². The van der Waals surface area contributed by atoms with Gasteiger partial charge in [-0.3, -0.25) is 9.69 Å². The van der Waals surface area contributed by atoms with E-state index in [0.717, 1.165) is 12.1 Å². The SMILES string of the molecule is CCC(=O)NCc1ccccc1-c1ccc(CN2CCCC2)cc1. The number of hydrogen-bond acceptors (Lipinski definition) is 2. The van der Waals surface area contributed by atoms with Gasteiger partial charge in [0.1, 0.15) is 0 Å². The fraction of sp³-hybridized carbons (Fsp3) is 0.381. The highest BCUT2D eigenvalue weighted by atomic mass is 16.1. The zero-order valence-electron chi connectivity index (χ0n) is 14.4. The molecule has 0 aromatic heterocycles. The number of carbonyl (C=O) groups excluding carboxylic acids is 1. The van der Waals surface area contributed by atoms with Crippen LogP contribution in [-0.2, 0) is 17.9 Å². The topological polar surface area (TPSA) is 32.3 Å². The van der Waals surface area contributed by atoms with Crippen LogP contribution in [0.1, 0.15) is 37.3 Å². The van der Waals surface area contributed by atoms with Crippen LogP contribution in [0.4, 0.5) is 0 Å². The summed E-state index contributed by atoms with van der Waals surface area (Å²) in [5.41, 5.74) is 4.94. The average molecular weight is 322 g/mol. The molecule has 0 radical (unpaired) electrons. The molecule has 1 fully saturated rings. The van der Waals surface area contributed by atoms with E-state index in [1.165, 1.54) is 42.6 Å². The fourth-order valence-corrected chi connectivity index (χ4v) is 3.26. The van der Waals surface area contributed by atoms with Crippen molar-refractivity contribution in [1.29, 1.82) is 0 Å². The lowest BCUT2D eigenvalue weighted by molar-refractivity contribution is -0.120. The molecule has 1 saturated heterocycles. The second-order valence-electron chi connectivity index (χ2n) is 6.47. The highest BCUT2D eigenvalue weighted by Crippen LogP contribution is 2.24. The third kappa shape index (κ3) is 4.24. The third-order valence-corrected chi connectivity index (χ3v) is 4.68. The van der Waals surface area contributed by atoms with E-state index in [9.17, 15) is 4.79 Å². The number of benzene rings is 2. The van der Waals surface area contributed by atoms with Crippen LogP contribution < -0.4 is 5.32 Å². The Morgan fingerprint density at radius 3 is 2.46 bits per heavy atom. The van der Waals surface area contributed by atoms with E-state index in [1.807, 2.05) is 13.0 Å². The molecular formula is C21H26N2O. The Kier molecular flexibility index (Phi) is 5.65. The Hall–Kier alpha value is -2.13. The minimum atomic E-state index is 0.0887. The molecule has 126 valence electrons. The van der Waals surface area contributed by atoms with Gasteiger partial charge < -0.3 is 5.32 Å². The van der Waals surface area contributed by atoms with Gasteiger partial charge in [0.25, 0.3) is 0 Å². The first-order chi connectivity index (χ1) is 11.8. The number of carbonyl (C=O) groups is 1. The minimum absolute atomic E-state index is 0.0887. The second-order valence-corrected chi connectivity index (χ2v) is 6.47. The lowest BCUT2D eigenvalue weighted by Crippen LogP contribution is -2.21. The smallest absolute Gasteiger partial charge is 0.219 e. The summed E-state index contributed by atoms with van der Waals surface area (Å²) in [5, 5.41) is 2.97. The molecule has 3 rings (SSSR count). The average Bonchev–Trinajstić information content (AvgIpc) is 3.13. The zero-order valence-corrected chi connectivity index (χ0v) is 14.4. The third-order valence-electron chi connectivity index (χ3n) is 4.68. The summed E-state index contributed by atoms with van der Waals surface area (Å²) >= 11 is 0. The molecule has 0 saturated carbocycles. The molecule has 1 aliphatic rings. The number of hydrogen-bond donors (Lipinski definition) is 1. The number of rotatable bonds is 6. The number of nitrogens with zero attached hydrogens (tertiary/aromatic N) is 1. The van der Waals surface area contributed by atoms with Crippen LogP contribution in [0.25, 0.3) is 11.1 Å². The minimum Gasteiger partial charge on any atom is -0.352 e. The van der Waals surface area contributed by atoms with Crippen molar-refractivity contribution in [3.05, 3.63) is 59.7 Å². The fourth-order valence-electron chi connectivity index (χ4n) is 3.26. The molecule has 0 spiro atoms. The van der Waals surface area contributed by atoms with Gasteiger partial charge in [0.15, 0.2) is 0 Å². The summed E-state index contributed by atoms with van der Waals surface area (Å²) in [7, 11) is 0. The summed E-state index contributed by atoms with van der Waals surface area (Å²) in [6.45, 7) is 5.95. The van der Waals surface area contributed by atoms with Gasteiger partial charge in [-0.25, -0.2) is 0 Å². The summed E-state index contributed by atoms with van der Waals surface area (Å²) in [6, 6.07) is 17.2. The van der Waals surface area contributed by atoms with Gasteiger partial charge in [-0.1, -0.05) is 55.5 Å². The molecular weight excluding hydrogens is 296 g/mol. The molecule has 2 aromatic rings. The predicted molar refractivity (Wildman–Crippen MR) is 98.5 cm³/mol. The van der Waals surface area contributed by atoms with Gasteiger partial charge in [0.05, 0.1) is 0 Å². The Labute approximate surface area is 144 Å². The van der Waals surface area contributed by atoms with Gasteiger partial charge in [0, 0.05) is 19.5 Å². The van der Waals surface area contributed by atoms with Crippen molar-refractivity contribution in [2.75, 3.05) is 13.1 Å². The first-order valence-electron chi connectivity index (χ1n) is 8.92. The van der Waals surface area contributed by atoms with Crippen molar-refractivity contribution >= 4 is 5.91 Å². The van der Waals surface area contributed by atoms with Crippen molar-refractivity contribution in [2.45, 2.75) is 39.3 Å². The standard InChI is InChI=1S/C21H26N2O/c1-2-21(24)22-15-19-7-3-4-8-20(19)18-11-9-17(10-12-18)16-23-13-5-6-14-23/h3-4,7-12H,2,5-6,13-16H2,1H3,(H,22,24).